The molecule has 0 bridgehead atoms. The minimum absolute atomic E-state index is 0.617. The van der Waals surface area contributed by atoms with Gasteiger partial charge in [0.15, 0.2) is 0 Å². The van der Waals surface area contributed by atoms with Crippen molar-refractivity contribution in [3.63, 3.8) is 0 Å². The largest absolute Gasteiger partial charge is 0.497 e. The number of aromatic nitrogens is 1. The summed E-state index contributed by atoms with van der Waals surface area (Å²) in [5.41, 5.74) is 3.88. The molecule has 0 unspecified atom stereocenters. The Labute approximate surface area is 136 Å². The van der Waals surface area contributed by atoms with Gasteiger partial charge in [-0.25, -0.2) is 0 Å². The smallest absolute Gasteiger partial charge is 0.118 e. The van der Waals surface area contributed by atoms with E-state index in [0.717, 1.165) is 32.5 Å². The molecule has 5 heteroatoms. The Morgan fingerprint density at radius 1 is 1.05 bits per heavy atom. The fourth-order valence-electron chi connectivity index (χ4n) is 2.08. The fraction of sp³-hybridized carbons (Fsp3) is 0.0625. The SMILES string of the molecule is COc1ccc(-c2c(-c3ccc(Cl)cn3)csc2Cl)cc1. The highest BCUT2D eigenvalue weighted by molar-refractivity contribution is 7.15. The predicted molar refractivity (Wildman–Crippen MR) is 89.6 cm³/mol. The number of ether oxygens (including phenoxy) is 1. The number of methoxy groups -OCH3 is 1. The number of hydrogen-bond acceptors (Lipinski definition) is 3. The van der Waals surface area contributed by atoms with Crippen LogP contribution in [-0.4, -0.2) is 12.1 Å². The normalized spacial score (nSPS) is 10.6. The molecule has 3 aromatic rings. The average Bonchev–Trinajstić information content (AvgIpc) is 2.90. The van der Waals surface area contributed by atoms with Gasteiger partial charge < -0.3 is 4.74 Å². The van der Waals surface area contributed by atoms with Gasteiger partial charge in [0.05, 0.1) is 17.8 Å². The van der Waals surface area contributed by atoms with Crippen molar-refractivity contribution in [2.45, 2.75) is 0 Å². The van der Waals surface area contributed by atoms with Crippen LogP contribution in [0.3, 0.4) is 0 Å². The molecule has 2 nitrogen and oxygen atoms in total. The van der Waals surface area contributed by atoms with Crippen LogP contribution in [0.25, 0.3) is 22.4 Å². The van der Waals surface area contributed by atoms with E-state index in [1.807, 2.05) is 41.8 Å². The van der Waals surface area contributed by atoms with Crippen LogP contribution in [0, 0.1) is 0 Å². The van der Waals surface area contributed by atoms with Crippen molar-refractivity contribution in [1.82, 2.24) is 4.98 Å². The van der Waals surface area contributed by atoms with Gasteiger partial charge in [-0.3, -0.25) is 4.98 Å². The van der Waals surface area contributed by atoms with Crippen molar-refractivity contribution >= 4 is 34.5 Å². The van der Waals surface area contributed by atoms with Gasteiger partial charge in [-0.1, -0.05) is 35.3 Å². The molecule has 2 aromatic heterocycles. The zero-order valence-electron chi connectivity index (χ0n) is 11.1. The van der Waals surface area contributed by atoms with E-state index < -0.39 is 0 Å². The number of pyridine rings is 1. The summed E-state index contributed by atoms with van der Waals surface area (Å²) in [4.78, 5) is 4.37. The first-order chi connectivity index (χ1) is 10.2. The van der Waals surface area contributed by atoms with Gasteiger partial charge >= 0.3 is 0 Å². The Hall–Kier alpha value is -1.55. The minimum Gasteiger partial charge on any atom is -0.497 e. The molecular weight excluding hydrogens is 325 g/mol. The van der Waals surface area contributed by atoms with Crippen LogP contribution in [0.1, 0.15) is 0 Å². The van der Waals surface area contributed by atoms with Gasteiger partial charge in [0.25, 0.3) is 0 Å². The molecule has 0 aliphatic rings. The van der Waals surface area contributed by atoms with Crippen LogP contribution in [-0.2, 0) is 0 Å². The monoisotopic (exact) mass is 335 g/mol. The fourth-order valence-corrected chi connectivity index (χ4v) is 3.35. The van der Waals surface area contributed by atoms with E-state index >= 15 is 0 Å². The molecule has 0 atom stereocenters. The first-order valence-electron chi connectivity index (χ1n) is 6.22. The zero-order chi connectivity index (χ0) is 14.8. The summed E-state index contributed by atoms with van der Waals surface area (Å²) in [7, 11) is 1.65. The average molecular weight is 336 g/mol. The molecule has 1 aromatic carbocycles. The van der Waals surface area contributed by atoms with Crippen LogP contribution >= 0.6 is 34.5 Å². The second kappa shape index (κ2) is 6.06. The van der Waals surface area contributed by atoms with E-state index in [0.29, 0.717) is 5.02 Å². The van der Waals surface area contributed by atoms with E-state index in [2.05, 4.69) is 4.98 Å². The van der Waals surface area contributed by atoms with Crippen molar-refractivity contribution < 1.29 is 4.74 Å². The summed E-state index contributed by atoms with van der Waals surface area (Å²) in [6.45, 7) is 0. The lowest BCUT2D eigenvalue weighted by molar-refractivity contribution is 0.415. The van der Waals surface area contributed by atoms with E-state index in [1.54, 1.807) is 13.3 Å². The van der Waals surface area contributed by atoms with Crippen LogP contribution in [0.5, 0.6) is 5.75 Å². The highest BCUT2D eigenvalue weighted by Gasteiger charge is 2.15. The molecular formula is C16H11Cl2NOS. The Bertz CT molecular complexity index is 751. The maximum absolute atomic E-state index is 6.37. The highest BCUT2D eigenvalue weighted by Crippen LogP contribution is 2.42. The van der Waals surface area contributed by atoms with Crippen LogP contribution in [0.2, 0.25) is 9.36 Å². The lowest BCUT2D eigenvalue weighted by Crippen LogP contribution is -1.86. The standard InChI is InChI=1S/C16H11Cl2NOS/c1-20-12-5-2-10(3-6-12)15-13(9-21-16(15)18)14-7-4-11(17)8-19-14/h2-9H,1H3. The third-order valence-corrected chi connectivity index (χ3v) is 4.57. The number of nitrogens with zero attached hydrogens (tertiary/aromatic N) is 1. The molecule has 0 N–H and O–H groups in total. The molecule has 0 amide bonds. The predicted octanol–water partition coefficient (Wildman–Crippen LogP) is 5.79. The van der Waals surface area contributed by atoms with Gasteiger partial charge in [0, 0.05) is 22.7 Å². The van der Waals surface area contributed by atoms with E-state index in [1.165, 1.54) is 11.3 Å². The number of benzene rings is 1. The maximum atomic E-state index is 6.37. The first-order valence-corrected chi connectivity index (χ1v) is 7.86. The lowest BCUT2D eigenvalue weighted by Gasteiger charge is -2.06. The summed E-state index contributed by atoms with van der Waals surface area (Å²) in [6.07, 6.45) is 1.64. The Kier molecular flexibility index (Phi) is 4.15. The van der Waals surface area contributed by atoms with Crippen LogP contribution in [0.15, 0.2) is 48.0 Å². The van der Waals surface area contributed by atoms with Crippen LogP contribution in [0.4, 0.5) is 0 Å². The molecule has 0 spiro atoms. The molecule has 0 aliphatic carbocycles. The van der Waals surface area contributed by atoms with Crippen molar-refractivity contribution in [2.75, 3.05) is 7.11 Å². The molecule has 21 heavy (non-hydrogen) atoms. The number of hydrogen-bond donors (Lipinski definition) is 0. The molecule has 2 heterocycles. The molecule has 0 saturated heterocycles. The Morgan fingerprint density at radius 3 is 2.43 bits per heavy atom. The highest BCUT2D eigenvalue weighted by atomic mass is 35.5. The summed E-state index contributed by atoms with van der Waals surface area (Å²) in [5, 5.41) is 2.63. The Balaban J connectivity index is 2.09. The Morgan fingerprint density at radius 2 is 1.81 bits per heavy atom. The van der Waals surface area contributed by atoms with E-state index in [4.69, 9.17) is 27.9 Å². The van der Waals surface area contributed by atoms with Gasteiger partial charge in [-0.15, -0.1) is 11.3 Å². The van der Waals surface area contributed by atoms with Gasteiger partial charge in [-0.05, 0) is 29.8 Å². The van der Waals surface area contributed by atoms with Crippen molar-refractivity contribution in [2.24, 2.45) is 0 Å². The number of thiophene rings is 1. The van der Waals surface area contributed by atoms with E-state index in [9.17, 15) is 0 Å². The quantitative estimate of drug-likeness (QED) is 0.604. The number of halogens is 2. The van der Waals surface area contributed by atoms with E-state index in [-0.39, 0.29) is 0 Å². The number of rotatable bonds is 3. The summed E-state index contributed by atoms with van der Waals surface area (Å²) >= 11 is 13.8. The summed E-state index contributed by atoms with van der Waals surface area (Å²) < 4.78 is 5.93. The lowest BCUT2D eigenvalue weighted by atomic mass is 10.0. The molecule has 106 valence electrons. The second-order valence-electron chi connectivity index (χ2n) is 4.39. The molecule has 3 rings (SSSR count). The van der Waals surface area contributed by atoms with Crippen molar-refractivity contribution in [1.29, 1.82) is 0 Å². The van der Waals surface area contributed by atoms with Crippen LogP contribution < -0.4 is 4.74 Å². The van der Waals surface area contributed by atoms with Crippen molar-refractivity contribution in [3.05, 3.63) is 57.3 Å². The summed E-state index contributed by atoms with van der Waals surface area (Å²) in [5.74, 6) is 0.816. The van der Waals surface area contributed by atoms with Gasteiger partial charge in [-0.2, -0.15) is 0 Å². The van der Waals surface area contributed by atoms with Gasteiger partial charge in [0.1, 0.15) is 10.1 Å². The maximum Gasteiger partial charge on any atom is 0.118 e. The van der Waals surface area contributed by atoms with Gasteiger partial charge in [0.2, 0.25) is 0 Å². The first kappa shape index (κ1) is 14.4. The topological polar surface area (TPSA) is 22.1 Å². The third-order valence-electron chi connectivity index (χ3n) is 3.13. The third kappa shape index (κ3) is 2.91. The minimum atomic E-state index is 0.617. The van der Waals surface area contributed by atoms with Crippen molar-refractivity contribution in [3.8, 4) is 28.1 Å². The zero-order valence-corrected chi connectivity index (χ0v) is 13.5. The molecule has 0 fully saturated rings. The molecule has 0 aliphatic heterocycles. The second-order valence-corrected chi connectivity index (χ2v) is 6.31. The molecule has 0 radical (unpaired) electrons. The molecule has 0 saturated carbocycles. The summed E-state index contributed by atoms with van der Waals surface area (Å²) in [6, 6.07) is 11.5.